The highest BCUT2D eigenvalue weighted by molar-refractivity contribution is 7.99. The van der Waals surface area contributed by atoms with E-state index in [0.29, 0.717) is 12.0 Å². The Morgan fingerprint density at radius 2 is 2.16 bits per heavy atom. The van der Waals surface area contributed by atoms with Crippen molar-refractivity contribution in [1.82, 2.24) is 15.1 Å². The van der Waals surface area contributed by atoms with Crippen LogP contribution in [-0.4, -0.2) is 67.1 Å². The van der Waals surface area contributed by atoms with E-state index in [0.717, 1.165) is 44.1 Å². The van der Waals surface area contributed by atoms with Gasteiger partial charge in [-0.2, -0.15) is 11.8 Å². The van der Waals surface area contributed by atoms with E-state index in [1.807, 2.05) is 16.7 Å². The zero-order valence-electron chi connectivity index (χ0n) is 12.4. The third kappa shape index (κ3) is 4.28. The molecule has 1 N–H and O–H groups in total. The molecule has 4 nitrogen and oxygen atoms in total. The molecule has 2 fully saturated rings. The predicted octanol–water partition coefficient (Wildman–Crippen LogP) is 1.86. The van der Waals surface area contributed by atoms with Gasteiger partial charge in [0.15, 0.2) is 0 Å². The van der Waals surface area contributed by atoms with Crippen LogP contribution in [0.1, 0.15) is 25.7 Å². The molecule has 2 amide bonds. The van der Waals surface area contributed by atoms with Gasteiger partial charge >= 0.3 is 6.03 Å². The molecule has 0 aromatic carbocycles. The molecule has 1 saturated carbocycles. The Balaban J connectivity index is 1.72. The summed E-state index contributed by atoms with van der Waals surface area (Å²) >= 11 is 1.93. The lowest BCUT2D eigenvalue weighted by Gasteiger charge is -2.21. The Labute approximate surface area is 121 Å². The maximum Gasteiger partial charge on any atom is 0.317 e. The molecule has 2 rings (SSSR count). The molecule has 5 heteroatoms. The Bertz CT molecular complexity index is 311. The van der Waals surface area contributed by atoms with E-state index in [2.05, 4.69) is 30.6 Å². The van der Waals surface area contributed by atoms with Crippen molar-refractivity contribution in [3.63, 3.8) is 0 Å². The van der Waals surface area contributed by atoms with Crippen LogP contribution < -0.4 is 5.32 Å². The van der Waals surface area contributed by atoms with Gasteiger partial charge in [0.1, 0.15) is 0 Å². The number of carbonyl (C=O) groups excluding carboxylic acids is 1. The maximum absolute atomic E-state index is 12.2. The number of thioether (sulfide) groups is 1. The fourth-order valence-corrected chi connectivity index (χ4v) is 4.03. The number of hydrogen-bond acceptors (Lipinski definition) is 3. The summed E-state index contributed by atoms with van der Waals surface area (Å²) < 4.78 is 0. The number of amides is 2. The van der Waals surface area contributed by atoms with Gasteiger partial charge in [-0.15, -0.1) is 0 Å². The van der Waals surface area contributed by atoms with Gasteiger partial charge in [0, 0.05) is 30.9 Å². The minimum atomic E-state index is 0.160. The average molecular weight is 285 g/mol. The van der Waals surface area contributed by atoms with Crippen molar-refractivity contribution in [2.45, 2.75) is 37.0 Å². The number of rotatable bonds is 4. The predicted molar refractivity (Wildman–Crippen MR) is 81.7 cm³/mol. The van der Waals surface area contributed by atoms with Crippen LogP contribution in [0.3, 0.4) is 0 Å². The lowest BCUT2D eigenvalue weighted by atomic mass is 10.1. The van der Waals surface area contributed by atoms with Gasteiger partial charge in [-0.3, -0.25) is 0 Å². The van der Waals surface area contributed by atoms with Crippen LogP contribution in [0.15, 0.2) is 0 Å². The lowest BCUT2D eigenvalue weighted by molar-refractivity contribution is 0.201. The van der Waals surface area contributed by atoms with E-state index < -0.39 is 0 Å². The fourth-order valence-electron chi connectivity index (χ4n) is 3.23. The second-order valence-corrected chi connectivity index (χ2v) is 7.32. The standard InChI is InChI=1S/C14H27N3OS/c1-16(2)9-11-6-7-17(10-11)14(18)15-12-4-5-13(8-12)19-3/h11-13H,4-10H2,1-3H3,(H,15,18). The molecule has 3 atom stereocenters. The first-order valence-electron chi connectivity index (χ1n) is 7.31. The quantitative estimate of drug-likeness (QED) is 0.856. The summed E-state index contributed by atoms with van der Waals surface area (Å²) in [5.74, 6) is 0.642. The van der Waals surface area contributed by atoms with E-state index in [4.69, 9.17) is 0 Å². The number of nitrogens with zero attached hydrogens (tertiary/aromatic N) is 2. The molecule has 0 spiro atoms. The van der Waals surface area contributed by atoms with Gasteiger partial charge < -0.3 is 15.1 Å². The largest absolute Gasteiger partial charge is 0.335 e. The number of carbonyl (C=O) groups is 1. The minimum Gasteiger partial charge on any atom is -0.335 e. The first-order valence-corrected chi connectivity index (χ1v) is 8.60. The molecule has 0 radical (unpaired) electrons. The van der Waals surface area contributed by atoms with E-state index in [9.17, 15) is 4.79 Å². The zero-order chi connectivity index (χ0) is 13.8. The smallest absolute Gasteiger partial charge is 0.317 e. The highest BCUT2D eigenvalue weighted by Crippen LogP contribution is 2.28. The number of urea groups is 1. The highest BCUT2D eigenvalue weighted by atomic mass is 32.2. The van der Waals surface area contributed by atoms with Crippen molar-refractivity contribution in [3.8, 4) is 0 Å². The molecule has 1 heterocycles. The molecule has 1 aliphatic heterocycles. The molecule has 19 heavy (non-hydrogen) atoms. The van der Waals surface area contributed by atoms with E-state index >= 15 is 0 Å². The van der Waals surface area contributed by atoms with Crippen molar-refractivity contribution in [3.05, 3.63) is 0 Å². The van der Waals surface area contributed by atoms with Crippen LogP contribution in [-0.2, 0) is 0 Å². The Morgan fingerprint density at radius 3 is 2.79 bits per heavy atom. The SMILES string of the molecule is CSC1CCC(NC(=O)N2CCC(CN(C)C)C2)C1. The zero-order valence-corrected chi connectivity index (χ0v) is 13.2. The molecular formula is C14H27N3OS. The first kappa shape index (κ1) is 15.0. The van der Waals surface area contributed by atoms with Gasteiger partial charge in [-0.1, -0.05) is 0 Å². The first-order chi connectivity index (χ1) is 9.08. The molecule has 1 saturated heterocycles. The van der Waals surface area contributed by atoms with Gasteiger partial charge in [0.2, 0.25) is 0 Å². The summed E-state index contributed by atoms with van der Waals surface area (Å²) in [6.45, 7) is 2.92. The van der Waals surface area contributed by atoms with Crippen molar-refractivity contribution in [2.75, 3.05) is 40.0 Å². The highest BCUT2D eigenvalue weighted by Gasteiger charge is 2.30. The topological polar surface area (TPSA) is 35.6 Å². The monoisotopic (exact) mass is 285 g/mol. The normalized spacial score (nSPS) is 31.2. The van der Waals surface area contributed by atoms with Crippen LogP contribution in [0.2, 0.25) is 0 Å². The van der Waals surface area contributed by atoms with Crippen LogP contribution in [0.4, 0.5) is 4.79 Å². The summed E-state index contributed by atoms with van der Waals surface area (Å²) in [5.41, 5.74) is 0. The van der Waals surface area contributed by atoms with E-state index in [1.54, 1.807) is 0 Å². The molecule has 0 aromatic rings. The lowest BCUT2D eigenvalue weighted by Crippen LogP contribution is -2.43. The van der Waals surface area contributed by atoms with Crippen LogP contribution >= 0.6 is 11.8 Å². The molecule has 3 unspecified atom stereocenters. The molecule has 0 bridgehead atoms. The van der Waals surface area contributed by atoms with E-state index in [-0.39, 0.29) is 6.03 Å². The molecule has 110 valence electrons. The second kappa shape index (κ2) is 6.84. The fraction of sp³-hybridized carbons (Fsp3) is 0.929. The summed E-state index contributed by atoms with van der Waals surface area (Å²) in [4.78, 5) is 16.4. The maximum atomic E-state index is 12.2. The van der Waals surface area contributed by atoms with Crippen LogP contribution in [0, 0.1) is 5.92 Å². The number of hydrogen-bond donors (Lipinski definition) is 1. The van der Waals surface area contributed by atoms with Crippen LogP contribution in [0.5, 0.6) is 0 Å². The second-order valence-electron chi connectivity index (χ2n) is 6.18. The Kier molecular flexibility index (Phi) is 5.39. The Morgan fingerprint density at radius 1 is 1.37 bits per heavy atom. The summed E-state index contributed by atoms with van der Waals surface area (Å²) in [6.07, 6.45) is 6.84. The molecular weight excluding hydrogens is 258 g/mol. The van der Waals surface area contributed by atoms with Gasteiger partial charge in [-0.05, 0) is 52.0 Å². The minimum absolute atomic E-state index is 0.160. The summed E-state index contributed by atoms with van der Waals surface area (Å²) in [7, 11) is 4.20. The number of likely N-dealkylation sites (tertiary alicyclic amines) is 1. The van der Waals surface area contributed by atoms with Gasteiger partial charge in [0.05, 0.1) is 0 Å². The average Bonchev–Trinajstić information content (AvgIpc) is 2.97. The molecule has 2 aliphatic rings. The van der Waals surface area contributed by atoms with Crippen molar-refractivity contribution < 1.29 is 4.79 Å². The van der Waals surface area contributed by atoms with Gasteiger partial charge in [-0.25, -0.2) is 4.79 Å². The third-order valence-electron chi connectivity index (χ3n) is 4.24. The van der Waals surface area contributed by atoms with Crippen LogP contribution in [0.25, 0.3) is 0 Å². The molecule has 1 aliphatic carbocycles. The van der Waals surface area contributed by atoms with Crippen molar-refractivity contribution >= 4 is 17.8 Å². The number of nitrogens with one attached hydrogen (secondary N) is 1. The third-order valence-corrected chi connectivity index (χ3v) is 5.34. The molecule has 0 aromatic heterocycles. The van der Waals surface area contributed by atoms with Gasteiger partial charge in [0.25, 0.3) is 0 Å². The van der Waals surface area contributed by atoms with Crippen molar-refractivity contribution in [1.29, 1.82) is 0 Å². The van der Waals surface area contributed by atoms with E-state index in [1.165, 1.54) is 6.42 Å². The summed E-state index contributed by atoms with van der Waals surface area (Å²) in [5, 5.41) is 3.96. The summed E-state index contributed by atoms with van der Waals surface area (Å²) in [6, 6.07) is 0.561. The van der Waals surface area contributed by atoms with Crippen molar-refractivity contribution in [2.24, 2.45) is 5.92 Å². The Hall–Kier alpha value is -0.420.